The average Bonchev–Trinajstić information content (AvgIpc) is 2.31. The highest BCUT2D eigenvalue weighted by atomic mass is 127. The lowest BCUT2D eigenvalue weighted by Gasteiger charge is -2.07. The van der Waals surface area contributed by atoms with Crippen LogP contribution in [0.25, 0.3) is 10.9 Å². The molecule has 19 heavy (non-hydrogen) atoms. The number of hydrogen-bond acceptors (Lipinski definition) is 5. The van der Waals surface area contributed by atoms with Crippen LogP contribution in [0.3, 0.4) is 0 Å². The number of halogens is 1. The molecule has 1 aromatic carbocycles. The van der Waals surface area contributed by atoms with Crippen LogP contribution in [0, 0.1) is 3.57 Å². The minimum atomic E-state index is -1.45. The first-order valence-electron chi connectivity index (χ1n) is 4.88. The Hall–Kier alpha value is -2.10. The van der Waals surface area contributed by atoms with Crippen LogP contribution in [0.15, 0.2) is 24.3 Å². The number of ether oxygens (including phenoxy) is 2. The lowest BCUT2D eigenvalue weighted by Crippen LogP contribution is -2.06. The van der Waals surface area contributed by atoms with Gasteiger partial charge in [-0.2, -0.15) is 0 Å². The zero-order chi connectivity index (χ0) is 14.0. The third-order valence-corrected chi connectivity index (χ3v) is 3.25. The molecule has 0 spiro atoms. The number of hydrogen-bond donors (Lipinski definition) is 2. The van der Waals surface area contributed by atoms with Crippen LogP contribution in [0.4, 0.5) is 9.59 Å². The second-order valence-corrected chi connectivity index (χ2v) is 4.41. The third kappa shape index (κ3) is 3.02. The maximum Gasteiger partial charge on any atom is 0.512 e. The van der Waals surface area contributed by atoms with Gasteiger partial charge in [0.05, 0.1) is 9.09 Å². The van der Waals surface area contributed by atoms with Gasteiger partial charge >= 0.3 is 12.3 Å². The minimum absolute atomic E-state index is 0.0531. The fourth-order valence-corrected chi connectivity index (χ4v) is 2.19. The summed E-state index contributed by atoms with van der Waals surface area (Å²) in [7, 11) is 0. The Morgan fingerprint density at radius 3 is 2.37 bits per heavy atom. The van der Waals surface area contributed by atoms with E-state index >= 15 is 0 Å². The first-order chi connectivity index (χ1) is 8.97. The summed E-state index contributed by atoms with van der Waals surface area (Å²) < 4.78 is 9.60. The first-order valence-corrected chi connectivity index (χ1v) is 5.96. The van der Waals surface area contributed by atoms with Crippen LogP contribution in [0.5, 0.6) is 11.6 Å². The number of benzene rings is 1. The van der Waals surface area contributed by atoms with Crippen molar-refractivity contribution in [2.75, 3.05) is 0 Å². The lowest BCUT2D eigenvalue weighted by atomic mass is 10.2. The molecule has 0 saturated heterocycles. The number of carbonyl (C=O) groups is 2. The number of nitrogens with zero attached hydrogens (tertiary/aromatic N) is 1. The van der Waals surface area contributed by atoms with Crippen LogP contribution in [0.2, 0.25) is 0 Å². The van der Waals surface area contributed by atoms with E-state index in [1.165, 1.54) is 18.2 Å². The Labute approximate surface area is 119 Å². The molecule has 0 atom stereocenters. The molecular formula is C11H6INO6. The van der Waals surface area contributed by atoms with E-state index < -0.39 is 12.3 Å². The molecule has 1 aromatic heterocycles. The zero-order valence-corrected chi connectivity index (χ0v) is 11.3. The molecule has 0 aliphatic heterocycles. The fourth-order valence-electron chi connectivity index (χ4n) is 1.45. The highest BCUT2D eigenvalue weighted by molar-refractivity contribution is 14.1. The number of fused-ring (bicyclic) bond motifs is 1. The number of rotatable bonds is 2. The highest BCUT2D eigenvalue weighted by Crippen LogP contribution is 2.30. The Bertz CT molecular complexity index is 672. The molecule has 0 bridgehead atoms. The van der Waals surface area contributed by atoms with E-state index in [1.54, 1.807) is 6.07 Å². The number of carboxylic acid groups (broad SMARTS) is 2. The molecule has 98 valence electrons. The molecule has 8 heteroatoms. The summed E-state index contributed by atoms with van der Waals surface area (Å²) in [4.78, 5) is 24.9. The predicted molar refractivity (Wildman–Crippen MR) is 71.8 cm³/mol. The standard InChI is InChI=1S/C11H6INO6/c12-9-5-1-4-8(19-11(16)17)13-6(5)2-3-7(9)18-10(14)15/h1-4H,(H,14,15)(H,16,17). The SMILES string of the molecule is O=C(O)Oc1ccc2c(I)c(OC(=O)O)ccc2n1. The molecule has 0 amide bonds. The normalized spacial score (nSPS) is 10.2. The molecule has 0 unspecified atom stereocenters. The van der Waals surface area contributed by atoms with E-state index in [-0.39, 0.29) is 11.6 Å². The second-order valence-electron chi connectivity index (χ2n) is 3.33. The molecule has 2 aromatic rings. The molecule has 7 nitrogen and oxygen atoms in total. The van der Waals surface area contributed by atoms with E-state index in [9.17, 15) is 9.59 Å². The molecule has 0 fully saturated rings. The smallest absolute Gasteiger partial charge is 0.449 e. The van der Waals surface area contributed by atoms with Gasteiger partial charge in [-0.25, -0.2) is 14.6 Å². The van der Waals surface area contributed by atoms with Crippen LogP contribution < -0.4 is 9.47 Å². The molecule has 0 saturated carbocycles. The maximum atomic E-state index is 10.5. The Balaban J connectivity index is 2.47. The van der Waals surface area contributed by atoms with Gasteiger partial charge in [-0.05, 0) is 40.8 Å². The summed E-state index contributed by atoms with van der Waals surface area (Å²) in [5.41, 5.74) is 0.473. The predicted octanol–water partition coefficient (Wildman–Crippen LogP) is 2.95. The van der Waals surface area contributed by atoms with Gasteiger partial charge in [-0.3, -0.25) is 0 Å². The average molecular weight is 375 g/mol. The van der Waals surface area contributed by atoms with Crippen molar-refractivity contribution in [2.24, 2.45) is 0 Å². The second kappa shape index (κ2) is 5.26. The van der Waals surface area contributed by atoms with E-state index in [2.05, 4.69) is 14.5 Å². The maximum absolute atomic E-state index is 10.5. The Kier molecular flexibility index (Phi) is 3.69. The summed E-state index contributed by atoms with van der Waals surface area (Å²) >= 11 is 1.92. The molecule has 2 rings (SSSR count). The quantitative estimate of drug-likeness (QED) is 0.472. The van der Waals surface area contributed by atoms with Gasteiger partial charge < -0.3 is 19.7 Å². The van der Waals surface area contributed by atoms with Gasteiger partial charge in [0, 0.05) is 11.5 Å². The molecule has 0 aliphatic rings. The van der Waals surface area contributed by atoms with Crippen molar-refractivity contribution in [2.45, 2.75) is 0 Å². The van der Waals surface area contributed by atoms with Gasteiger partial charge in [0.15, 0.2) is 0 Å². The topological polar surface area (TPSA) is 106 Å². The van der Waals surface area contributed by atoms with Crippen LogP contribution >= 0.6 is 22.6 Å². The molecule has 1 heterocycles. The molecule has 2 N–H and O–H groups in total. The van der Waals surface area contributed by atoms with Crippen molar-refractivity contribution in [3.8, 4) is 11.6 Å². The Morgan fingerprint density at radius 2 is 1.74 bits per heavy atom. The monoisotopic (exact) mass is 375 g/mol. The van der Waals surface area contributed by atoms with E-state index in [0.29, 0.717) is 14.5 Å². The summed E-state index contributed by atoms with van der Waals surface area (Å²) in [6, 6.07) is 5.92. The third-order valence-electron chi connectivity index (χ3n) is 2.13. The van der Waals surface area contributed by atoms with E-state index in [0.717, 1.165) is 0 Å². The summed E-state index contributed by atoms with van der Waals surface area (Å²) in [6.45, 7) is 0. The minimum Gasteiger partial charge on any atom is -0.449 e. The summed E-state index contributed by atoms with van der Waals surface area (Å²) in [6.07, 6.45) is -2.86. The lowest BCUT2D eigenvalue weighted by molar-refractivity contribution is 0.141. The summed E-state index contributed by atoms with van der Waals surface area (Å²) in [5.74, 6) is 0.136. The van der Waals surface area contributed by atoms with Crippen molar-refractivity contribution in [1.82, 2.24) is 4.98 Å². The van der Waals surface area contributed by atoms with E-state index in [4.69, 9.17) is 10.2 Å². The van der Waals surface area contributed by atoms with Crippen molar-refractivity contribution in [3.05, 3.63) is 27.8 Å². The van der Waals surface area contributed by atoms with Crippen molar-refractivity contribution < 1.29 is 29.3 Å². The highest BCUT2D eigenvalue weighted by Gasteiger charge is 2.11. The van der Waals surface area contributed by atoms with Crippen LogP contribution in [0.1, 0.15) is 0 Å². The van der Waals surface area contributed by atoms with Gasteiger partial charge in [0.1, 0.15) is 5.75 Å². The first kappa shape index (κ1) is 13.3. The van der Waals surface area contributed by atoms with Crippen molar-refractivity contribution >= 4 is 45.8 Å². The van der Waals surface area contributed by atoms with Crippen molar-refractivity contribution in [1.29, 1.82) is 0 Å². The Morgan fingerprint density at radius 1 is 1.05 bits per heavy atom. The largest absolute Gasteiger partial charge is 0.512 e. The van der Waals surface area contributed by atoms with Gasteiger partial charge in [0.25, 0.3) is 0 Å². The van der Waals surface area contributed by atoms with Crippen LogP contribution in [-0.2, 0) is 0 Å². The number of pyridine rings is 1. The number of aromatic nitrogens is 1. The molecule has 0 aliphatic carbocycles. The molecular weight excluding hydrogens is 369 g/mol. The summed E-state index contributed by atoms with van der Waals surface area (Å²) in [5, 5.41) is 17.7. The van der Waals surface area contributed by atoms with Gasteiger partial charge in [0.2, 0.25) is 5.88 Å². The fraction of sp³-hybridized carbons (Fsp3) is 0. The van der Waals surface area contributed by atoms with Gasteiger partial charge in [-0.1, -0.05) is 0 Å². The molecule has 0 radical (unpaired) electrons. The van der Waals surface area contributed by atoms with Gasteiger partial charge in [-0.15, -0.1) is 0 Å². The van der Waals surface area contributed by atoms with Crippen LogP contribution in [-0.4, -0.2) is 27.5 Å². The zero-order valence-electron chi connectivity index (χ0n) is 9.16. The van der Waals surface area contributed by atoms with E-state index in [1.807, 2.05) is 22.6 Å². The van der Waals surface area contributed by atoms with Crippen molar-refractivity contribution in [3.63, 3.8) is 0 Å².